The van der Waals surface area contributed by atoms with Gasteiger partial charge in [0.1, 0.15) is 0 Å². The van der Waals surface area contributed by atoms with E-state index in [4.69, 9.17) is 4.98 Å². The summed E-state index contributed by atoms with van der Waals surface area (Å²) in [6.45, 7) is 4.84. The maximum absolute atomic E-state index is 13.5. The van der Waals surface area contributed by atoms with Gasteiger partial charge in [0.25, 0.3) is 5.56 Å². The van der Waals surface area contributed by atoms with Crippen molar-refractivity contribution in [3.05, 3.63) is 104 Å². The summed E-state index contributed by atoms with van der Waals surface area (Å²) >= 11 is 0. The van der Waals surface area contributed by atoms with Crippen LogP contribution in [-0.2, 0) is 20.1 Å². The Morgan fingerprint density at radius 1 is 0.871 bits per heavy atom. The molecule has 0 atom stereocenters. The average molecular weight is 413 g/mol. The number of benzene rings is 2. The van der Waals surface area contributed by atoms with Crippen LogP contribution >= 0.6 is 0 Å². The molecule has 0 saturated heterocycles. The van der Waals surface area contributed by atoms with Crippen LogP contribution < -0.4 is 11.2 Å². The Hall–Kier alpha value is -3.87. The molecule has 0 N–H and O–H groups in total. The first kappa shape index (κ1) is 19.1. The molecule has 0 fully saturated rings. The highest BCUT2D eigenvalue weighted by molar-refractivity contribution is 5.75. The van der Waals surface area contributed by atoms with E-state index in [-0.39, 0.29) is 17.8 Å². The molecule has 3 heterocycles. The third-order valence-corrected chi connectivity index (χ3v) is 5.91. The van der Waals surface area contributed by atoms with Crippen molar-refractivity contribution in [3.8, 4) is 0 Å². The third kappa shape index (κ3) is 3.01. The molecule has 0 saturated carbocycles. The number of nitrogens with zero attached hydrogens (tertiary/aromatic N) is 5. The van der Waals surface area contributed by atoms with Crippen LogP contribution in [0.1, 0.15) is 22.4 Å². The van der Waals surface area contributed by atoms with Gasteiger partial charge in [-0.25, -0.2) is 4.79 Å². The predicted octanol–water partition coefficient (Wildman–Crippen LogP) is 2.86. The van der Waals surface area contributed by atoms with Gasteiger partial charge in [0, 0.05) is 18.9 Å². The van der Waals surface area contributed by atoms with Gasteiger partial charge in [0.2, 0.25) is 5.78 Å². The third-order valence-electron chi connectivity index (χ3n) is 5.91. The first-order valence-corrected chi connectivity index (χ1v) is 10.2. The lowest BCUT2D eigenvalue weighted by atomic mass is 10.1. The summed E-state index contributed by atoms with van der Waals surface area (Å²) in [4.78, 5) is 31.2. The van der Waals surface area contributed by atoms with Gasteiger partial charge in [-0.05, 0) is 30.5 Å². The van der Waals surface area contributed by atoms with Crippen molar-refractivity contribution < 1.29 is 0 Å². The zero-order valence-corrected chi connectivity index (χ0v) is 17.7. The molecule has 156 valence electrons. The van der Waals surface area contributed by atoms with Gasteiger partial charge in [-0.3, -0.25) is 18.3 Å². The van der Waals surface area contributed by atoms with Crippen LogP contribution in [0.15, 0.2) is 70.4 Å². The lowest BCUT2D eigenvalue weighted by Gasteiger charge is -2.10. The summed E-state index contributed by atoms with van der Waals surface area (Å²) < 4.78 is 6.63. The lowest BCUT2D eigenvalue weighted by Crippen LogP contribution is -2.39. The normalized spacial score (nSPS) is 11.6. The van der Waals surface area contributed by atoms with Gasteiger partial charge in [-0.15, -0.1) is 0 Å². The van der Waals surface area contributed by atoms with Crippen molar-refractivity contribution >= 4 is 16.9 Å². The molecular formula is C24H23N5O2. The molecule has 0 aliphatic heterocycles. The van der Waals surface area contributed by atoms with E-state index < -0.39 is 0 Å². The van der Waals surface area contributed by atoms with E-state index >= 15 is 0 Å². The number of hydrogen-bond acceptors (Lipinski definition) is 3. The lowest BCUT2D eigenvalue weighted by molar-refractivity contribution is 0.654. The van der Waals surface area contributed by atoms with Gasteiger partial charge < -0.3 is 4.57 Å². The maximum Gasteiger partial charge on any atom is 0.332 e. The van der Waals surface area contributed by atoms with Crippen LogP contribution in [0.2, 0.25) is 0 Å². The molecule has 0 aliphatic carbocycles. The quantitative estimate of drug-likeness (QED) is 0.455. The number of hydrogen-bond donors (Lipinski definition) is 0. The highest BCUT2D eigenvalue weighted by Crippen LogP contribution is 2.18. The number of rotatable bonds is 4. The summed E-state index contributed by atoms with van der Waals surface area (Å²) in [7, 11) is 1.67. The fourth-order valence-corrected chi connectivity index (χ4v) is 4.11. The molecule has 5 rings (SSSR count). The first-order chi connectivity index (χ1) is 15.0. The van der Waals surface area contributed by atoms with E-state index in [0.717, 1.165) is 22.4 Å². The van der Waals surface area contributed by atoms with Crippen LogP contribution in [0.5, 0.6) is 0 Å². The van der Waals surface area contributed by atoms with Gasteiger partial charge in [0.05, 0.1) is 13.1 Å². The molecule has 3 aromatic heterocycles. The monoisotopic (exact) mass is 413 g/mol. The second kappa shape index (κ2) is 7.12. The van der Waals surface area contributed by atoms with E-state index in [2.05, 4.69) is 16.7 Å². The molecule has 0 radical (unpaired) electrons. The van der Waals surface area contributed by atoms with E-state index in [0.29, 0.717) is 23.5 Å². The van der Waals surface area contributed by atoms with E-state index in [1.54, 1.807) is 7.05 Å². The minimum Gasteiger partial charge on any atom is -0.310 e. The average Bonchev–Trinajstić information content (AvgIpc) is 3.28. The van der Waals surface area contributed by atoms with Crippen LogP contribution in [0.25, 0.3) is 16.9 Å². The van der Waals surface area contributed by atoms with Crippen LogP contribution in [-0.4, -0.2) is 23.1 Å². The first-order valence-electron chi connectivity index (χ1n) is 10.2. The second-order valence-corrected chi connectivity index (χ2v) is 7.96. The number of aryl methyl sites for hydroxylation is 3. The summed E-state index contributed by atoms with van der Waals surface area (Å²) in [5.41, 5.74) is 4.24. The SMILES string of the molecule is Cc1ccccc1Cn1c(=O)c2c(nc3n(Cc4ccccc4)c(C)cn23)n(C)c1=O. The minimum atomic E-state index is -0.368. The summed E-state index contributed by atoms with van der Waals surface area (Å²) in [6.07, 6.45) is 1.91. The molecule has 7 nitrogen and oxygen atoms in total. The molecule has 0 aliphatic rings. The molecule has 31 heavy (non-hydrogen) atoms. The van der Waals surface area contributed by atoms with Gasteiger partial charge in [0.15, 0.2) is 11.2 Å². The highest BCUT2D eigenvalue weighted by Gasteiger charge is 2.20. The van der Waals surface area contributed by atoms with Crippen molar-refractivity contribution in [1.29, 1.82) is 0 Å². The predicted molar refractivity (Wildman–Crippen MR) is 121 cm³/mol. The van der Waals surface area contributed by atoms with Crippen molar-refractivity contribution in [2.45, 2.75) is 26.9 Å². The Balaban J connectivity index is 1.73. The molecule has 7 heteroatoms. The summed E-state index contributed by atoms with van der Waals surface area (Å²) in [6, 6.07) is 17.9. The fraction of sp³-hybridized carbons (Fsp3) is 0.208. The smallest absolute Gasteiger partial charge is 0.310 e. The summed E-state index contributed by atoms with van der Waals surface area (Å²) in [5, 5.41) is 0. The standard InChI is InChI=1S/C24H23N5O2/c1-16-9-7-8-12-19(16)15-29-22(30)20-21(26(3)24(29)31)25-23-27(17(2)13-28(20)23)14-18-10-5-4-6-11-18/h4-13H,14-15H2,1-3H3. The van der Waals surface area contributed by atoms with Crippen molar-refractivity contribution in [2.24, 2.45) is 7.05 Å². The van der Waals surface area contributed by atoms with Crippen LogP contribution in [0.3, 0.4) is 0 Å². The summed E-state index contributed by atoms with van der Waals surface area (Å²) in [5.74, 6) is 0.650. The van der Waals surface area contributed by atoms with Gasteiger partial charge in [-0.2, -0.15) is 4.98 Å². The molecule has 0 unspecified atom stereocenters. The fourth-order valence-electron chi connectivity index (χ4n) is 4.11. The van der Waals surface area contributed by atoms with Crippen molar-refractivity contribution in [3.63, 3.8) is 0 Å². The van der Waals surface area contributed by atoms with E-state index in [9.17, 15) is 9.59 Å². The van der Waals surface area contributed by atoms with Crippen molar-refractivity contribution in [2.75, 3.05) is 0 Å². The Labute approximate surface area is 178 Å². The van der Waals surface area contributed by atoms with Gasteiger partial charge in [-0.1, -0.05) is 54.6 Å². The highest BCUT2D eigenvalue weighted by atomic mass is 16.2. The topological polar surface area (TPSA) is 66.2 Å². The second-order valence-electron chi connectivity index (χ2n) is 7.96. The van der Waals surface area contributed by atoms with Crippen molar-refractivity contribution in [1.82, 2.24) is 23.1 Å². The Kier molecular flexibility index (Phi) is 4.39. The maximum atomic E-state index is 13.5. The molecule has 2 aromatic carbocycles. The van der Waals surface area contributed by atoms with E-state index in [1.807, 2.05) is 66.9 Å². The molecule has 0 bridgehead atoms. The van der Waals surface area contributed by atoms with Crippen LogP contribution in [0.4, 0.5) is 0 Å². The minimum absolute atomic E-state index is 0.227. The molecular weight excluding hydrogens is 390 g/mol. The Morgan fingerprint density at radius 3 is 2.32 bits per heavy atom. The zero-order valence-electron chi connectivity index (χ0n) is 17.7. The number of aromatic nitrogens is 5. The number of fused-ring (bicyclic) bond motifs is 3. The number of imidazole rings is 2. The zero-order chi connectivity index (χ0) is 21.7. The van der Waals surface area contributed by atoms with Crippen LogP contribution in [0, 0.1) is 13.8 Å². The van der Waals surface area contributed by atoms with E-state index in [1.165, 1.54) is 9.13 Å². The Bertz CT molecular complexity index is 1550. The Morgan fingerprint density at radius 2 is 1.58 bits per heavy atom. The molecule has 0 spiro atoms. The largest absolute Gasteiger partial charge is 0.332 e. The van der Waals surface area contributed by atoms with Gasteiger partial charge >= 0.3 is 5.69 Å². The molecule has 5 aromatic rings. The molecule has 0 amide bonds.